The molecule has 1 heterocycles. The van der Waals surface area contributed by atoms with Crippen molar-refractivity contribution in [3.8, 4) is 0 Å². The number of nitrogens with zero attached hydrogens (tertiary/aromatic N) is 2. The fourth-order valence-electron chi connectivity index (χ4n) is 1.78. The number of para-hydroxylation sites is 1. The predicted octanol–water partition coefficient (Wildman–Crippen LogP) is 2.84. The quantitative estimate of drug-likeness (QED) is 0.539. The molecule has 2 aromatic rings. The number of nitrogens with one attached hydrogen (secondary N) is 2. The molecular weight excluding hydrogens is 302 g/mol. The summed E-state index contributed by atoms with van der Waals surface area (Å²) < 4.78 is 0. The Hall–Kier alpha value is -3.54. The minimum Gasteiger partial charge on any atom is -0.405 e. The van der Waals surface area contributed by atoms with Crippen LogP contribution in [0.4, 0.5) is 11.4 Å². The number of allylic oxidation sites excluding steroid dienone is 2. The maximum absolute atomic E-state index is 12.1. The van der Waals surface area contributed by atoms with Gasteiger partial charge in [0.05, 0.1) is 11.4 Å². The first-order valence-electron chi connectivity index (χ1n) is 7.19. The molecule has 6 nitrogen and oxygen atoms in total. The molecule has 1 aromatic heterocycles. The standard InChI is InChI=1S/C18H17N5O/c19-10-6-16(23-15-4-2-1-3-5-15)18(20)17(24)9-13-22-14-7-11-21-12-8-14/h1-13,20H,19H2,(H,21,22). The molecule has 0 saturated carbocycles. The molecule has 0 aliphatic heterocycles. The average Bonchev–Trinajstić information content (AvgIpc) is 2.62. The van der Waals surface area contributed by atoms with Crippen LogP contribution in [0.25, 0.3) is 0 Å². The van der Waals surface area contributed by atoms with E-state index in [0.29, 0.717) is 5.69 Å². The number of hydrogen-bond acceptors (Lipinski definition) is 6. The fourth-order valence-corrected chi connectivity index (χ4v) is 1.78. The van der Waals surface area contributed by atoms with E-state index in [2.05, 4.69) is 15.3 Å². The zero-order valence-corrected chi connectivity index (χ0v) is 12.9. The van der Waals surface area contributed by atoms with Gasteiger partial charge in [-0.2, -0.15) is 0 Å². The second kappa shape index (κ2) is 8.79. The molecule has 120 valence electrons. The van der Waals surface area contributed by atoms with Crippen molar-refractivity contribution in [2.45, 2.75) is 0 Å². The summed E-state index contributed by atoms with van der Waals surface area (Å²) in [5, 5.41) is 10.9. The highest BCUT2D eigenvalue weighted by atomic mass is 16.1. The third-order valence-corrected chi connectivity index (χ3v) is 2.93. The molecule has 0 atom stereocenters. The van der Waals surface area contributed by atoms with Crippen LogP contribution < -0.4 is 11.1 Å². The average molecular weight is 319 g/mol. The van der Waals surface area contributed by atoms with Crippen molar-refractivity contribution >= 4 is 28.6 Å². The number of carbonyl (C=O) groups is 1. The molecule has 0 aliphatic carbocycles. The molecule has 1 aromatic carbocycles. The van der Waals surface area contributed by atoms with Crippen LogP contribution >= 0.6 is 0 Å². The van der Waals surface area contributed by atoms with Gasteiger partial charge in [-0.1, -0.05) is 18.2 Å². The summed E-state index contributed by atoms with van der Waals surface area (Å²) in [5.41, 5.74) is 6.78. The van der Waals surface area contributed by atoms with E-state index in [9.17, 15) is 4.79 Å². The largest absolute Gasteiger partial charge is 0.405 e. The first-order chi connectivity index (χ1) is 11.7. The van der Waals surface area contributed by atoms with E-state index in [1.165, 1.54) is 24.6 Å². The predicted molar refractivity (Wildman–Crippen MR) is 96.6 cm³/mol. The van der Waals surface area contributed by atoms with Crippen LogP contribution in [-0.4, -0.2) is 22.2 Å². The van der Waals surface area contributed by atoms with Crippen LogP contribution in [0, 0.1) is 5.41 Å². The molecule has 24 heavy (non-hydrogen) atoms. The number of ketones is 1. The van der Waals surface area contributed by atoms with Crippen molar-refractivity contribution in [3.05, 3.63) is 79.4 Å². The molecule has 0 saturated heterocycles. The van der Waals surface area contributed by atoms with E-state index < -0.39 is 5.78 Å². The van der Waals surface area contributed by atoms with E-state index in [-0.39, 0.29) is 11.4 Å². The number of nitrogens with two attached hydrogens (primary N) is 1. The highest BCUT2D eigenvalue weighted by Crippen LogP contribution is 2.11. The number of anilines is 1. The molecule has 0 bridgehead atoms. The lowest BCUT2D eigenvalue weighted by molar-refractivity contribution is -0.108. The summed E-state index contributed by atoms with van der Waals surface area (Å²) in [6.07, 6.45) is 8.69. The maximum Gasteiger partial charge on any atom is 0.207 e. The molecule has 0 amide bonds. The SMILES string of the molecule is N=C(C(=O)C=CNc1ccncc1)C(C=CN)=Nc1ccccc1. The lowest BCUT2D eigenvalue weighted by Gasteiger charge is -2.02. The number of aliphatic imine (C=N–C) groups is 1. The molecule has 2 rings (SSSR count). The number of aromatic nitrogens is 1. The zero-order valence-electron chi connectivity index (χ0n) is 12.9. The summed E-state index contributed by atoms with van der Waals surface area (Å²) in [6, 6.07) is 12.6. The summed E-state index contributed by atoms with van der Waals surface area (Å²) in [5.74, 6) is -0.482. The highest BCUT2D eigenvalue weighted by molar-refractivity contribution is 6.70. The molecule has 6 heteroatoms. The van der Waals surface area contributed by atoms with Crippen molar-refractivity contribution < 1.29 is 4.79 Å². The highest BCUT2D eigenvalue weighted by Gasteiger charge is 2.11. The van der Waals surface area contributed by atoms with Crippen LogP contribution in [0.5, 0.6) is 0 Å². The van der Waals surface area contributed by atoms with Crippen LogP contribution in [0.3, 0.4) is 0 Å². The third kappa shape index (κ3) is 5.03. The van der Waals surface area contributed by atoms with Gasteiger partial charge in [0.25, 0.3) is 0 Å². The minimum absolute atomic E-state index is 0.197. The van der Waals surface area contributed by atoms with Gasteiger partial charge < -0.3 is 11.1 Å². The van der Waals surface area contributed by atoms with Crippen LogP contribution in [-0.2, 0) is 4.79 Å². The number of rotatable bonds is 7. The lowest BCUT2D eigenvalue weighted by atomic mass is 10.1. The first kappa shape index (κ1) is 16.8. The van der Waals surface area contributed by atoms with Gasteiger partial charge >= 0.3 is 0 Å². The normalized spacial score (nSPS) is 11.8. The maximum atomic E-state index is 12.1. The van der Waals surface area contributed by atoms with Crippen molar-refractivity contribution in [2.24, 2.45) is 10.7 Å². The summed E-state index contributed by atoms with van der Waals surface area (Å²) in [7, 11) is 0. The van der Waals surface area contributed by atoms with E-state index in [1.54, 1.807) is 36.7 Å². The Morgan fingerprint density at radius 3 is 2.50 bits per heavy atom. The monoisotopic (exact) mass is 319 g/mol. The number of benzene rings is 1. The van der Waals surface area contributed by atoms with Gasteiger partial charge in [-0.25, -0.2) is 4.99 Å². The number of pyridine rings is 1. The summed E-state index contributed by atoms with van der Waals surface area (Å²) >= 11 is 0. The Morgan fingerprint density at radius 2 is 1.83 bits per heavy atom. The van der Waals surface area contributed by atoms with Gasteiger partial charge in [-0.15, -0.1) is 0 Å². The zero-order chi connectivity index (χ0) is 17.2. The van der Waals surface area contributed by atoms with Crippen LogP contribution in [0.2, 0.25) is 0 Å². The Balaban J connectivity index is 2.09. The molecule has 4 N–H and O–H groups in total. The minimum atomic E-state index is -0.482. The van der Waals surface area contributed by atoms with Gasteiger partial charge in [0.1, 0.15) is 5.71 Å². The topological polar surface area (TPSA) is 104 Å². The molecule has 0 spiro atoms. The second-order valence-electron chi connectivity index (χ2n) is 4.64. The molecule has 0 unspecified atom stereocenters. The number of hydrogen-bond donors (Lipinski definition) is 3. The Kier molecular flexibility index (Phi) is 6.16. The van der Waals surface area contributed by atoms with Crippen LogP contribution in [0.15, 0.2) is 84.4 Å². The van der Waals surface area contributed by atoms with Gasteiger partial charge in [0.2, 0.25) is 5.78 Å². The van der Waals surface area contributed by atoms with Crippen molar-refractivity contribution in [3.63, 3.8) is 0 Å². The van der Waals surface area contributed by atoms with Crippen molar-refractivity contribution in [1.82, 2.24) is 4.98 Å². The van der Waals surface area contributed by atoms with E-state index >= 15 is 0 Å². The summed E-state index contributed by atoms with van der Waals surface area (Å²) in [4.78, 5) is 20.3. The third-order valence-electron chi connectivity index (χ3n) is 2.93. The van der Waals surface area contributed by atoms with E-state index in [0.717, 1.165) is 5.69 Å². The van der Waals surface area contributed by atoms with Gasteiger partial charge in [0.15, 0.2) is 0 Å². The second-order valence-corrected chi connectivity index (χ2v) is 4.64. The smallest absolute Gasteiger partial charge is 0.207 e. The van der Waals surface area contributed by atoms with Crippen molar-refractivity contribution in [1.29, 1.82) is 5.41 Å². The molecule has 0 aliphatic rings. The van der Waals surface area contributed by atoms with E-state index in [1.807, 2.05) is 18.2 Å². The summed E-state index contributed by atoms with van der Waals surface area (Å²) in [6.45, 7) is 0. The fraction of sp³-hybridized carbons (Fsp3) is 0. The lowest BCUT2D eigenvalue weighted by Crippen LogP contribution is -2.20. The Morgan fingerprint density at radius 1 is 1.12 bits per heavy atom. The molecule has 0 fully saturated rings. The Bertz CT molecular complexity index is 780. The van der Waals surface area contributed by atoms with Crippen LogP contribution in [0.1, 0.15) is 0 Å². The van der Waals surface area contributed by atoms with Crippen molar-refractivity contribution in [2.75, 3.05) is 5.32 Å². The van der Waals surface area contributed by atoms with Gasteiger partial charge in [-0.3, -0.25) is 15.2 Å². The molecule has 0 radical (unpaired) electrons. The van der Waals surface area contributed by atoms with Gasteiger partial charge in [0, 0.05) is 30.4 Å². The molecular formula is C18H17N5O. The first-order valence-corrected chi connectivity index (χ1v) is 7.19. The Labute approximate surface area is 140 Å². The van der Waals surface area contributed by atoms with E-state index in [4.69, 9.17) is 11.1 Å². The van der Waals surface area contributed by atoms with Gasteiger partial charge in [-0.05, 0) is 36.5 Å². The number of carbonyl (C=O) groups excluding carboxylic acids is 1.